The standard InChI is InChI=1S/C31H30N4O4/c1-18-6-9-32-16-24(18)28-27(29(39-34-28)19-2-3-19)21-14-31(15-21)7-10-35(11-8-31)22-4-5-25-23(13-22)20(17-36)12-26(33-25)30(37)38/h4-6,9,12-14,16,19,36H,2-3,7-8,10-11,15,17H2,1H3,(H,37,38). The zero-order valence-corrected chi connectivity index (χ0v) is 21.9. The molecule has 8 heteroatoms. The van der Waals surface area contributed by atoms with E-state index < -0.39 is 5.97 Å². The number of aliphatic hydroxyl groups is 1. The number of aromatic carboxylic acids is 1. The van der Waals surface area contributed by atoms with Gasteiger partial charge in [0.1, 0.15) is 17.1 Å². The first-order valence-corrected chi connectivity index (χ1v) is 13.6. The minimum atomic E-state index is -1.09. The molecular formula is C31H30N4O4. The summed E-state index contributed by atoms with van der Waals surface area (Å²) in [6.45, 7) is 3.72. The van der Waals surface area contributed by atoms with E-state index in [0.717, 1.165) is 78.8 Å². The smallest absolute Gasteiger partial charge is 0.354 e. The van der Waals surface area contributed by atoms with Crippen molar-refractivity contribution in [3.05, 3.63) is 76.9 Å². The van der Waals surface area contributed by atoms with Gasteiger partial charge in [0.2, 0.25) is 0 Å². The number of anilines is 1. The summed E-state index contributed by atoms with van der Waals surface area (Å²) in [5.41, 5.74) is 8.05. The van der Waals surface area contributed by atoms with Crippen molar-refractivity contribution in [1.82, 2.24) is 15.1 Å². The maximum Gasteiger partial charge on any atom is 0.354 e. The third kappa shape index (κ3) is 4.10. The second-order valence-corrected chi connectivity index (χ2v) is 11.3. The highest BCUT2D eigenvalue weighted by Crippen LogP contribution is 2.55. The van der Waals surface area contributed by atoms with Crippen molar-refractivity contribution in [1.29, 1.82) is 0 Å². The fourth-order valence-corrected chi connectivity index (χ4v) is 6.27. The van der Waals surface area contributed by atoms with Gasteiger partial charge in [0.25, 0.3) is 0 Å². The van der Waals surface area contributed by atoms with Crippen LogP contribution in [-0.4, -0.2) is 44.4 Å². The number of benzene rings is 1. The second-order valence-electron chi connectivity index (χ2n) is 11.3. The summed E-state index contributed by atoms with van der Waals surface area (Å²) in [5, 5.41) is 24.5. The molecule has 1 aliphatic heterocycles. The lowest BCUT2D eigenvalue weighted by Crippen LogP contribution is -2.42. The SMILES string of the molecule is Cc1ccncc1-c1noc(C2CC2)c1C1=CC2(CCN(c3ccc4nc(C(=O)O)cc(CO)c4c3)CC2)C1. The predicted molar refractivity (Wildman–Crippen MR) is 148 cm³/mol. The van der Waals surface area contributed by atoms with Crippen LogP contribution in [0.5, 0.6) is 0 Å². The predicted octanol–water partition coefficient (Wildman–Crippen LogP) is 5.74. The molecule has 2 aliphatic carbocycles. The quantitative estimate of drug-likeness (QED) is 0.330. The van der Waals surface area contributed by atoms with E-state index in [1.807, 2.05) is 36.7 Å². The van der Waals surface area contributed by atoms with Gasteiger partial charge in [-0.3, -0.25) is 4.98 Å². The second kappa shape index (κ2) is 9.02. The van der Waals surface area contributed by atoms with Crippen molar-refractivity contribution in [3.8, 4) is 11.3 Å². The Bertz CT molecular complexity index is 1640. The average molecular weight is 523 g/mol. The fourth-order valence-electron chi connectivity index (χ4n) is 6.27. The van der Waals surface area contributed by atoms with Crippen LogP contribution in [0.25, 0.3) is 27.7 Å². The molecule has 1 saturated carbocycles. The molecule has 39 heavy (non-hydrogen) atoms. The molecule has 4 aromatic rings. The summed E-state index contributed by atoms with van der Waals surface area (Å²) in [7, 11) is 0. The molecular weight excluding hydrogens is 492 g/mol. The van der Waals surface area contributed by atoms with Crippen LogP contribution >= 0.6 is 0 Å². The Morgan fingerprint density at radius 3 is 2.67 bits per heavy atom. The maximum absolute atomic E-state index is 11.4. The number of aryl methyl sites for hydroxylation is 1. The average Bonchev–Trinajstić information content (AvgIpc) is 3.69. The number of hydrogen-bond acceptors (Lipinski definition) is 7. The molecule has 0 atom stereocenters. The van der Waals surface area contributed by atoms with Crippen LogP contribution in [0.2, 0.25) is 0 Å². The summed E-state index contributed by atoms with van der Waals surface area (Å²) < 4.78 is 5.93. The lowest BCUT2D eigenvalue weighted by Gasteiger charge is -2.47. The van der Waals surface area contributed by atoms with Crippen LogP contribution in [0.4, 0.5) is 5.69 Å². The number of carboxylic acids is 1. The number of allylic oxidation sites excluding steroid dienone is 2. The Morgan fingerprint density at radius 1 is 1.18 bits per heavy atom. The number of hydrogen-bond donors (Lipinski definition) is 2. The van der Waals surface area contributed by atoms with Gasteiger partial charge in [0.05, 0.1) is 12.1 Å². The van der Waals surface area contributed by atoms with Gasteiger partial charge in [-0.25, -0.2) is 9.78 Å². The molecule has 0 amide bonds. The topological polar surface area (TPSA) is 113 Å². The van der Waals surface area contributed by atoms with Gasteiger partial charge < -0.3 is 19.6 Å². The van der Waals surface area contributed by atoms with Crippen LogP contribution in [0.1, 0.15) is 71.0 Å². The van der Waals surface area contributed by atoms with Gasteiger partial charge >= 0.3 is 5.97 Å². The van der Waals surface area contributed by atoms with Crippen molar-refractivity contribution in [2.24, 2.45) is 5.41 Å². The number of rotatable bonds is 6. The van der Waals surface area contributed by atoms with Crippen LogP contribution < -0.4 is 4.90 Å². The molecule has 0 bridgehead atoms. The minimum Gasteiger partial charge on any atom is -0.477 e. The third-order valence-corrected chi connectivity index (χ3v) is 8.70. The van der Waals surface area contributed by atoms with Crippen molar-refractivity contribution >= 4 is 28.1 Å². The highest BCUT2D eigenvalue weighted by Gasteiger charge is 2.44. The van der Waals surface area contributed by atoms with E-state index in [-0.39, 0.29) is 17.7 Å². The van der Waals surface area contributed by atoms with Crippen LogP contribution in [0, 0.1) is 12.3 Å². The number of carboxylic acid groups (broad SMARTS) is 1. The summed E-state index contributed by atoms with van der Waals surface area (Å²) in [6.07, 6.45) is 11.7. The highest BCUT2D eigenvalue weighted by atomic mass is 16.5. The number of carbonyl (C=O) groups is 1. The molecule has 0 radical (unpaired) electrons. The Morgan fingerprint density at radius 2 is 1.97 bits per heavy atom. The minimum absolute atomic E-state index is 0.0497. The Balaban J connectivity index is 1.13. The van der Waals surface area contributed by atoms with Gasteiger partial charge in [-0.1, -0.05) is 11.2 Å². The number of nitrogens with zero attached hydrogens (tertiary/aromatic N) is 4. The van der Waals surface area contributed by atoms with Crippen LogP contribution in [0.15, 0.2) is 53.3 Å². The first-order chi connectivity index (χ1) is 18.9. The highest BCUT2D eigenvalue weighted by molar-refractivity contribution is 5.93. The van der Waals surface area contributed by atoms with Gasteiger partial charge in [0, 0.05) is 53.6 Å². The van der Waals surface area contributed by atoms with Crippen LogP contribution in [-0.2, 0) is 6.61 Å². The van der Waals surface area contributed by atoms with Crippen molar-refractivity contribution in [3.63, 3.8) is 0 Å². The molecule has 7 rings (SSSR count). The third-order valence-electron chi connectivity index (χ3n) is 8.70. The van der Waals surface area contributed by atoms with Crippen molar-refractivity contribution < 1.29 is 19.5 Å². The normalized spacial score (nSPS) is 18.3. The van der Waals surface area contributed by atoms with E-state index in [9.17, 15) is 15.0 Å². The number of pyridine rings is 2. The molecule has 1 saturated heterocycles. The molecule has 0 unspecified atom stereocenters. The van der Waals surface area contributed by atoms with Gasteiger partial charge in [-0.05, 0) is 91.5 Å². The summed E-state index contributed by atoms with van der Waals surface area (Å²) in [4.78, 5) is 22.4. The lowest BCUT2D eigenvalue weighted by molar-refractivity contribution is 0.0690. The Hall–Kier alpha value is -4.04. The van der Waals surface area contributed by atoms with E-state index in [0.29, 0.717) is 17.0 Å². The number of fused-ring (bicyclic) bond motifs is 1. The first-order valence-electron chi connectivity index (χ1n) is 13.6. The molecule has 1 aromatic carbocycles. The summed E-state index contributed by atoms with van der Waals surface area (Å²) in [6, 6.07) is 9.37. The van der Waals surface area contributed by atoms with Crippen molar-refractivity contribution in [2.75, 3.05) is 18.0 Å². The van der Waals surface area contributed by atoms with Gasteiger partial charge in [0.15, 0.2) is 0 Å². The summed E-state index contributed by atoms with van der Waals surface area (Å²) >= 11 is 0. The van der Waals surface area contributed by atoms with Gasteiger partial charge in [-0.15, -0.1) is 0 Å². The zero-order valence-electron chi connectivity index (χ0n) is 21.9. The van der Waals surface area contributed by atoms with E-state index in [1.165, 1.54) is 17.2 Å². The molecule has 3 aliphatic rings. The molecule has 4 heterocycles. The molecule has 198 valence electrons. The van der Waals surface area contributed by atoms with Gasteiger partial charge in [-0.2, -0.15) is 0 Å². The fraction of sp³-hybridized carbons (Fsp3) is 0.355. The lowest BCUT2D eigenvalue weighted by atomic mass is 9.63. The molecule has 2 N–H and O–H groups in total. The Kier molecular flexibility index (Phi) is 5.56. The number of aliphatic hydroxyl groups excluding tert-OH is 1. The zero-order chi connectivity index (χ0) is 26.7. The first kappa shape index (κ1) is 24.0. The van der Waals surface area contributed by atoms with Crippen molar-refractivity contribution in [2.45, 2.75) is 51.6 Å². The van der Waals surface area contributed by atoms with E-state index in [1.54, 1.807) is 0 Å². The molecule has 2 fully saturated rings. The summed E-state index contributed by atoms with van der Waals surface area (Å²) in [5.74, 6) is 0.431. The van der Waals surface area contributed by atoms with E-state index in [4.69, 9.17) is 4.52 Å². The van der Waals surface area contributed by atoms with E-state index in [2.05, 4.69) is 33.0 Å². The Labute approximate surface area is 226 Å². The monoisotopic (exact) mass is 522 g/mol. The number of aromatic nitrogens is 3. The molecule has 3 aromatic heterocycles. The maximum atomic E-state index is 11.4. The van der Waals surface area contributed by atoms with E-state index >= 15 is 0 Å². The molecule has 8 nitrogen and oxygen atoms in total. The number of piperidine rings is 1. The molecule has 1 spiro atoms. The van der Waals surface area contributed by atoms with Crippen LogP contribution in [0.3, 0.4) is 0 Å². The largest absolute Gasteiger partial charge is 0.477 e.